The first-order chi connectivity index (χ1) is 9.36. The van der Waals surface area contributed by atoms with Gasteiger partial charge in [0.2, 0.25) is 0 Å². The summed E-state index contributed by atoms with van der Waals surface area (Å²) in [5.74, 6) is -0.521. The number of halogens is 3. The second-order valence-corrected chi connectivity index (χ2v) is 4.43. The van der Waals surface area contributed by atoms with Gasteiger partial charge in [-0.1, -0.05) is 0 Å². The first-order valence-electron chi connectivity index (χ1n) is 5.93. The van der Waals surface area contributed by atoms with Crippen LogP contribution >= 0.6 is 0 Å². The van der Waals surface area contributed by atoms with E-state index in [-0.39, 0.29) is 18.5 Å². The number of amides is 1. The van der Waals surface area contributed by atoms with E-state index in [0.717, 1.165) is 6.20 Å². The summed E-state index contributed by atoms with van der Waals surface area (Å²) in [4.78, 5) is 18.5. The number of nitrogens with two attached hydrogens (primary N) is 1. The predicted octanol–water partition coefficient (Wildman–Crippen LogP) is 0.940. The summed E-state index contributed by atoms with van der Waals surface area (Å²) in [5.41, 5.74) is 4.51. The van der Waals surface area contributed by atoms with E-state index in [0.29, 0.717) is 19.0 Å². The van der Waals surface area contributed by atoms with Crippen molar-refractivity contribution in [1.29, 1.82) is 0 Å². The predicted molar refractivity (Wildman–Crippen MR) is 62.6 cm³/mol. The minimum absolute atomic E-state index is 0.0542. The third kappa shape index (κ3) is 3.64. The van der Waals surface area contributed by atoms with Crippen LogP contribution in [0.1, 0.15) is 18.5 Å². The van der Waals surface area contributed by atoms with Gasteiger partial charge in [0.1, 0.15) is 6.10 Å². The van der Waals surface area contributed by atoms with Crippen molar-refractivity contribution in [3.8, 4) is 0 Å². The van der Waals surface area contributed by atoms with E-state index < -0.39 is 23.9 Å². The molecule has 0 spiro atoms. The van der Waals surface area contributed by atoms with Crippen molar-refractivity contribution in [1.82, 2.24) is 9.97 Å². The molecule has 1 amide bonds. The number of hydrogen-bond acceptors (Lipinski definition) is 5. The minimum Gasteiger partial charge on any atom is -0.367 e. The smallest absolute Gasteiger partial charge is 0.367 e. The highest BCUT2D eigenvalue weighted by Crippen LogP contribution is 2.26. The number of nitrogens with one attached hydrogen (secondary N) is 1. The molecule has 0 aliphatic carbocycles. The third-order valence-electron chi connectivity index (χ3n) is 2.80. The quantitative estimate of drug-likeness (QED) is 0.846. The van der Waals surface area contributed by atoms with Crippen LogP contribution in [-0.2, 0) is 15.7 Å². The van der Waals surface area contributed by atoms with E-state index in [4.69, 9.17) is 10.5 Å². The fourth-order valence-electron chi connectivity index (χ4n) is 1.72. The molecule has 2 heterocycles. The zero-order chi connectivity index (χ0) is 14.8. The zero-order valence-corrected chi connectivity index (χ0v) is 10.4. The molecule has 9 heteroatoms. The molecule has 2 rings (SSSR count). The van der Waals surface area contributed by atoms with Gasteiger partial charge in [0.05, 0.1) is 19.0 Å². The molecule has 1 aliphatic rings. The fraction of sp³-hybridized carbons (Fsp3) is 0.545. The van der Waals surface area contributed by atoms with E-state index in [1.54, 1.807) is 0 Å². The van der Waals surface area contributed by atoms with Gasteiger partial charge in [0.15, 0.2) is 11.5 Å². The Kier molecular flexibility index (Phi) is 4.19. The molecule has 20 heavy (non-hydrogen) atoms. The second kappa shape index (κ2) is 5.71. The van der Waals surface area contributed by atoms with E-state index >= 15 is 0 Å². The monoisotopic (exact) mass is 290 g/mol. The maximum absolute atomic E-state index is 12.3. The normalized spacial score (nSPS) is 23.4. The zero-order valence-electron chi connectivity index (χ0n) is 10.4. The van der Waals surface area contributed by atoms with Crippen molar-refractivity contribution in [3.05, 3.63) is 18.1 Å². The van der Waals surface area contributed by atoms with Crippen LogP contribution in [0.3, 0.4) is 0 Å². The van der Waals surface area contributed by atoms with Gasteiger partial charge in [-0.2, -0.15) is 13.2 Å². The number of anilines is 1. The second-order valence-electron chi connectivity index (χ2n) is 4.43. The van der Waals surface area contributed by atoms with Gasteiger partial charge in [-0.3, -0.25) is 4.79 Å². The fourth-order valence-corrected chi connectivity index (χ4v) is 1.72. The molecule has 0 unspecified atom stereocenters. The van der Waals surface area contributed by atoms with Gasteiger partial charge in [0.25, 0.3) is 5.91 Å². The van der Waals surface area contributed by atoms with Crippen LogP contribution < -0.4 is 11.1 Å². The highest BCUT2D eigenvalue weighted by atomic mass is 19.4. The molecule has 6 nitrogen and oxygen atoms in total. The summed E-state index contributed by atoms with van der Waals surface area (Å²) in [6.45, 7) is 0.275. The van der Waals surface area contributed by atoms with E-state index in [1.165, 1.54) is 0 Å². The maximum atomic E-state index is 12.3. The molecule has 2 atom stereocenters. The van der Waals surface area contributed by atoms with Crippen molar-refractivity contribution in [2.45, 2.75) is 31.2 Å². The number of alkyl halides is 3. The average molecular weight is 290 g/mol. The summed E-state index contributed by atoms with van der Waals surface area (Å²) in [7, 11) is 0. The standard InChI is InChI=1S/C11H13F3N4O2/c12-11(13,14)8-3-17-9(4-16-8)18-10(19)7-2-1-6(15)5-20-7/h3-4,6-7H,1-2,5,15H2,(H,17,18,19)/t6-,7+/m1/s1. The molecule has 1 saturated heterocycles. The molecular weight excluding hydrogens is 277 g/mol. The number of rotatable bonds is 2. The van der Waals surface area contributed by atoms with Crippen LogP contribution in [0.5, 0.6) is 0 Å². The van der Waals surface area contributed by atoms with Crippen molar-refractivity contribution < 1.29 is 22.7 Å². The number of ether oxygens (including phenoxy) is 1. The van der Waals surface area contributed by atoms with Gasteiger partial charge in [-0.05, 0) is 12.8 Å². The number of carbonyl (C=O) groups excluding carboxylic acids is 1. The molecule has 1 aromatic rings. The van der Waals surface area contributed by atoms with Crippen LogP contribution in [0.2, 0.25) is 0 Å². The Balaban J connectivity index is 1.94. The lowest BCUT2D eigenvalue weighted by Crippen LogP contribution is -2.41. The summed E-state index contributed by atoms with van der Waals surface area (Å²) in [6.07, 6.45) is -2.70. The molecule has 1 aromatic heterocycles. The van der Waals surface area contributed by atoms with Crippen LogP contribution in [0.15, 0.2) is 12.4 Å². The van der Waals surface area contributed by atoms with Crippen molar-refractivity contribution in [3.63, 3.8) is 0 Å². The number of nitrogens with zero attached hydrogens (tertiary/aromatic N) is 2. The van der Waals surface area contributed by atoms with Crippen molar-refractivity contribution >= 4 is 11.7 Å². The molecule has 0 aromatic carbocycles. The molecule has 1 aliphatic heterocycles. The van der Waals surface area contributed by atoms with Crippen LogP contribution in [0, 0.1) is 0 Å². The van der Waals surface area contributed by atoms with Crippen molar-refractivity contribution in [2.75, 3.05) is 11.9 Å². The lowest BCUT2D eigenvalue weighted by Gasteiger charge is -2.25. The van der Waals surface area contributed by atoms with Crippen molar-refractivity contribution in [2.24, 2.45) is 5.73 Å². The van der Waals surface area contributed by atoms with Gasteiger partial charge >= 0.3 is 6.18 Å². The minimum atomic E-state index is -4.56. The van der Waals surface area contributed by atoms with Crippen LogP contribution in [-0.4, -0.2) is 34.6 Å². The Hall–Kier alpha value is -1.74. The number of aromatic nitrogens is 2. The highest BCUT2D eigenvalue weighted by Gasteiger charge is 2.33. The average Bonchev–Trinajstić information content (AvgIpc) is 2.39. The lowest BCUT2D eigenvalue weighted by atomic mass is 10.1. The molecule has 0 saturated carbocycles. The molecule has 3 N–H and O–H groups in total. The van der Waals surface area contributed by atoms with Gasteiger partial charge < -0.3 is 15.8 Å². The highest BCUT2D eigenvalue weighted by molar-refractivity contribution is 5.93. The molecular formula is C11H13F3N4O2. The van der Waals surface area contributed by atoms with Gasteiger partial charge in [-0.25, -0.2) is 9.97 Å². The Morgan fingerprint density at radius 2 is 2.10 bits per heavy atom. The maximum Gasteiger partial charge on any atom is 0.434 e. The topological polar surface area (TPSA) is 90.1 Å². The first kappa shape index (κ1) is 14.7. The number of carbonyl (C=O) groups is 1. The molecule has 1 fully saturated rings. The molecule has 110 valence electrons. The van der Waals surface area contributed by atoms with E-state index in [1.807, 2.05) is 0 Å². The Labute approximate surface area is 112 Å². The summed E-state index contributed by atoms with van der Waals surface area (Å²) < 4.78 is 42.1. The Morgan fingerprint density at radius 1 is 1.35 bits per heavy atom. The third-order valence-corrected chi connectivity index (χ3v) is 2.80. The van der Waals surface area contributed by atoms with Gasteiger partial charge in [0, 0.05) is 6.04 Å². The lowest BCUT2D eigenvalue weighted by molar-refractivity contribution is -0.141. The molecule has 0 bridgehead atoms. The largest absolute Gasteiger partial charge is 0.434 e. The van der Waals surface area contributed by atoms with E-state index in [2.05, 4.69) is 15.3 Å². The van der Waals surface area contributed by atoms with Crippen LogP contribution in [0.25, 0.3) is 0 Å². The summed E-state index contributed by atoms with van der Waals surface area (Å²) in [6, 6.07) is -0.0927. The van der Waals surface area contributed by atoms with Crippen LogP contribution in [0.4, 0.5) is 19.0 Å². The summed E-state index contributed by atoms with van der Waals surface area (Å²) in [5, 5.41) is 2.36. The first-order valence-corrected chi connectivity index (χ1v) is 5.93. The van der Waals surface area contributed by atoms with Gasteiger partial charge in [-0.15, -0.1) is 0 Å². The molecule has 0 radical (unpaired) electrons. The Morgan fingerprint density at radius 3 is 2.60 bits per heavy atom. The Bertz CT molecular complexity index is 470. The SMILES string of the molecule is N[C@@H]1CC[C@@H](C(=O)Nc2cnc(C(F)(F)F)cn2)OC1. The van der Waals surface area contributed by atoms with E-state index in [9.17, 15) is 18.0 Å². The number of hydrogen-bond donors (Lipinski definition) is 2. The summed E-state index contributed by atoms with van der Waals surface area (Å²) >= 11 is 0.